The topological polar surface area (TPSA) is 0 Å². The third-order valence-corrected chi connectivity index (χ3v) is 6.12. The van der Waals surface area contributed by atoms with Gasteiger partial charge in [0.15, 0.2) is 0 Å². The van der Waals surface area contributed by atoms with Crippen LogP contribution in [0.2, 0.25) is 4.34 Å². The van der Waals surface area contributed by atoms with Gasteiger partial charge in [0, 0.05) is 10.3 Å². The quantitative estimate of drug-likeness (QED) is 0.640. The summed E-state index contributed by atoms with van der Waals surface area (Å²) in [7, 11) is 0. The van der Waals surface area contributed by atoms with E-state index in [4.69, 9.17) is 11.6 Å². The molecule has 2 rings (SSSR count). The van der Waals surface area contributed by atoms with Gasteiger partial charge in [-0.25, -0.2) is 0 Å². The molecule has 0 amide bonds. The molecule has 0 radical (unpaired) electrons. The Bertz CT molecular complexity index is 386. The predicted molar refractivity (Wildman–Crippen MR) is 78.5 cm³/mol. The van der Waals surface area contributed by atoms with Crippen LogP contribution in [0.25, 0.3) is 0 Å². The molecule has 0 aliphatic heterocycles. The lowest BCUT2D eigenvalue weighted by atomic mass is 9.69. The molecular weight excluding hydrogens is 248 g/mol. The molecule has 0 unspecified atom stereocenters. The Morgan fingerprint density at radius 3 is 2.47 bits per heavy atom. The van der Waals surface area contributed by atoms with E-state index in [2.05, 4.69) is 20.8 Å². The van der Waals surface area contributed by atoms with Crippen LogP contribution in [0.1, 0.15) is 68.4 Å². The summed E-state index contributed by atoms with van der Waals surface area (Å²) in [5.74, 6) is 0. The number of halogens is 1. The fourth-order valence-corrected chi connectivity index (χ4v) is 5.22. The van der Waals surface area contributed by atoms with Gasteiger partial charge in [0.2, 0.25) is 0 Å². The first-order valence-corrected chi connectivity index (χ1v) is 8.12. The lowest BCUT2D eigenvalue weighted by Gasteiger charge is -2.37. The summed E-state index contributed by atoms with van der Waals surface area (Å²) in [4.78, 5) is 1.63. The van der Waals surface area contributed by atoms with E-state index >= 15 is 0 Å². The molecule has 0 spiro atoms. The molecule has 0 N–H and O–H groups in total. The molecule has 0 bridgehead atoms. The van der Waals surface area contributed by atoms with Gasteiger partial charge in [-0.15, -0.1) is 11.3 Å². The second kappa shape index (κ2) is 5.32. The van der Waals surface area contributed by atoms with Gasteiger partial charge < -0.3 is 0 Å². The van der Waals surface area contributed by atoms with Crippen molar-refractivity contribution < 1.29 is 0 Å². The maximum atomic E-state index is 6.37. The van der Waals surface area contributed by atoms with Crippen LogP contribution in [0.5, 0.6) is 0 Å². The standard InChI is InChI=1S/C15H23ClS/c1-4-8-15(9-5-2)10-6-7-12-11(3)14(16)17-13(12)15/h4-10H2,1-3H3. The summed E-state index contributed by atoms with van der Waals surface area (Å²) in [6, 6.07) is 0. The second-order valence-corrected chi connectivity index (χ2v) is 7.07. The van der Waals surface area contributed by atoms with E-state index in [0.717, 1.165) is 4.34 Å². The monoisotopic (exact) mass is 270 g/mol. The van der Waals surface area contributed by atoms with Gasteiger partial charge in [0.05, 0.1) is 4.34 Å². The highest BCUT2D eigenvalue weighted by molar-refractivity contribution is 7.16. The molecule has 1 aromatic rings. The largest absolute Gasteiger partial charge is 0.127 e. The zero-order valence-electron chi connectivity index (χ0n) is 11.2. The molecule has 0 saturated carbocycles. The third kappa shape index (κ3) is 2.29. The molecule has 0 atom stereocenters. The SMILES string of the molecule is CCCC1(CCC)CCCc2c1sc(Cl)c2C. The maximum Gasteiger partial charge on any atom is 0.0963 e. The van der Waals surface area contributed by atoms with E-state index in [1.807, 2.05) is 11.3 Å². The highest BCUT2D eigenvalue weighted by Crippen LogP contribution is 2.50. The average Bonchev–Trinajstić information content (AvgIpc) is 2.59. The predicted octanol–water partition coefficient (Wildman–Crippen LogP) is 5.88. The highest BCUT2D eigenvalue weighted by Gasteiger charge is 2.37. The number of rotatable bonds is 4. The first-order chi connectivity index (χ1) is 8.14. The van der Waals surface area contributed by atoms with Crippen LogP contribution >= 0.6 is 22.9 Å². The average molecular weight is 271 g/mol. The molecule has 0 saturated heterocycles. The zero-order valence-corrected chi connectivity index (χ0v) is 12.8. The lowest BCUT2D eigenvalue weighted by molar-refractivity contribution is 0.312. The van der Waals surface area contributed by atoms with Crippen LogP contribution in [0.4, 0.5) is 0 Å². The Kier molecular flexibility index (Phi) is 4.20. The van der Waals surface area contributed by atoms with Crippen molar-refractivity contribution in [2.75, 3.05) is 0 Å². The molecular formula is C15H23ClS. The van der Waals surface area contributed by atoms with E-state index in [1.54, 1.807) is 10.4 Å². The van der Waals surface area contributed by atoms with Crippen molar-refractivity contribution in [3.8, 4) is 0 Å². The Balaban J connectivity index is 2.46. The first-order valence-electron chi connectivity index (χ1n) is 6.93. The molecule has 0 nitrogen and oxygen atoms in total. The Morgan fingerprint density at radius 1 is 1.24 bits per heavy atom. The summed E-state index contributed by atoms with van der Waals surface area (Å²) < 4.78 is 1.04. The van der Waals surface area contributed by atoms with Crippen LogP contribution in [0.15, 0.2) is 0 Å². The molecule has 0 aromatic carbocycles. The summed E-state index contributed by atoms with van der Waals surface area (Å²) in [6.07, 6.45) is 9.22. The van der Waals surface area contributed by atoms with Crippen LogP contribution in [0, 0.1) is 6.92 Å². The number of hydrogen-bond donors (Lipinski definition) is 0. The number of thiophene rings is 1. The summed E-state index contributed by atoms with van der Waals surface area (Å²) in [6.45, 7) is 6.83. The van der Waals surface area contributed by atoms with Crippen molar-refractivity contribution in [2.24, 2.45) is 0 Å². The van der Waals surface area contributed by atoms with Crippen molar-refractivity contribution in [1.82, 2.24) is 0 Å². The van der Waals surface area contributed by atoms with Gasteiger partial charge in [-0.3, -0.25) is 0 Å². The van der Waals surface area contributed by atoms with E-state index < -0.39 is 0 Å². The molecule has 1 aromatic heterocycles. The minimum Gasteiger partial charge on any atom is -0.127 e. The molecule has 2 heteroatoms. The van der Waals surface area contributed by atoms with Crippen molar-refractivity contribution in [1.29, 1.82) is 0 Å². The Morgan fingerprint density at radius 2 is 1.88 bits per heavy atom. The van der Waals surface area contributed by atoms with Gasteiger partial charge in [-0.05, 0) is 50.2 Å². The number of hydrogen-bond acceptors (Lipinski definition) is 1. The number of fused-ring (bicyclic) bond motifs is 1. The van der Waals surface area contributed by atoms with Crippen LogP contribution in [0.3, 0.4) is 0 Å². The molecule has 0 fully saturated rings. The normalized spacial score (nSPS) is 18.1. The molecule has 96 valence electrons. The summed E-state index contributed by atoms with van der Waals surface area (Å²) >= 11 is 8.24. The first kappa shape index (κ1) is 13.4. The van der Waals surface area contributed by atoms with Crippen molar-refractivity contribution in [2.45, 2.75) is 71.1 Å². The zero-order chi connectivity index (χ0) is 12.5. The highest BCUT2D eigenvalue weighted by atomic mass is 35.5. The van der Waals surface area contributed by atoms with Crippen LogP contribution < -0.4 is 0 Å². The minimum absolute atomic E-state index is 0.458. The van der Waals surface area contributed by atoms with Gasteiger partial charge in [0.25, 0.3) is 0 Å². The molecule has 1 aliphatic rings. The Hall–Kier alpha value is -0.0100. The fraction of sp³-hybridized carbons (Fsp3) is 0.733. The summed E-state index contributed by atoms with van der Waals surface area (Å²) in [5.41, 5.74) is 3.41. The Labute approximate surface area is 114 Å². The van der Waals surface area contributed by atoms with Gasteiger partial charge >= 0.3 is 0 Å². The lowest BCUT2D eigenvalue weighted by Crippen LogP contribution is -2.29. The van der Waals surface area contributed by atoms with E-state index in [0.29, 0.717) is 5.41 Å². The van der Waals surface area contributed by atoms with Gasteiger partial charge in [-0.1, -0.05) is 38.3 Å². The van der Waals surface area contributed by atoms with E-state index in [1.165, 1.54) is 50.5 Å². The maximum absolute atomic E-state index is 6.37. The smallest absolute Gasteiger partial charge is 0.0963 e. The van der Waals surface area contributed by atoms with Gasteiger partial charge in [-0.2, -0.15) is 0 Å². The van der Waals surface area contributed by atoms with E-state index in [-0.39, 0.29) is 0 Å². The summed E-state index contributed by atoms with van der Waals surface area (Å²) in [5, 5.41) is 0. The van der Waals surface area contributed by atoms with Crippen molar-refractivity contribution >= 4 is 22.9 Å². The molecule has 17 heavy (non-hydrogen) atoms. The van der Waals surface area contributed by atoms with Gasteiger partial charge in [0.1, 0.15) is 0 Å². The molecule has 1 aliphatic carbocycles. The van der Waals surface area contributed by atoms with Crippen LogP contribution in [-0.2, 0) is 11.8 Å². The minimum atomic E-state index is 0.458. The van der Waals surface area contributed by atoms with Crippen molar-refractivity contribution in [3.63, 3.8) is 0 Å². The van der Waals surface area contributed by atoms with E-state index in [9.17, 15) is 0 Å². The van der Waals surface area contributed by atoms with Crippen molar-refractivity contribution in [3.05, 3.63) is 20.3 Å². The third-order valence-electron chi connectivity index (χ3n) is 4.23. The van der Waals surface area contributed by atoms with Crippen LogP contribution in [-0.4, -0.2) is 0 Å². The second-order valence-electron chi connectivity index (χ2n) is 5.44. The fourth-order valence-electron chi connectivity index (χ4n) is 3.52. The molecule has 1 heterocycles.